The van der Waals surface area contributed by atoms with E-state index in [0.29, 0.717) is 17.3 Å². The van der Waals surface area contributed by atoms with Gasteiger partial charge in [-0.15, -0.1) is 13.2 Å². The van der Waals surface area contributed by atoms with Gasteiger partial charge < -0.3 is 19.6 Å². The highest BCUT2D eigenvalue weighted by Crippen LogP contribution is 2.43. The minimum Gasteiger partial charge on any atom is -0.406 e. The molecule has 0 radical (unpaired) electrons. The summed E-state index contributed by atoms with van der Waals surface area (Å²) in [4.78, 5) is 6.32. The molecule has 1 N–H and O–H groups in total. The zero-order valence-electron chi connectivity index (χ0n) is 19.7. The number of halogens is 9. The monoisotopic (exact) mass is 565 g/mol. The Balaban J connectivity index is 1.73. The number of ether oxygens (including phenoxy) is 1. The molecule has 210 valence electrons. The van der Waals surface area contributed by atoms with E-state index in [9.17, 15) is 44.6 Å². The molecule has 0 fully saturated rings. The number of rotatable bonds is 6. The van der Waals surface area contributed by atoms with Crippen LogP contribution < -0.4 is 14.5 Å². The third-order valence-electron chi connectivity index (χ3n) is 6.02. The van der Waals surface area contributed by atoms with E-state index in [2.05, 4.69) is 9.72 Å². The second-order valence-corrected chi connectivity index (χ2v) is 8.76. The first-order chi connectivity index (χ1) is 18.1. The van der Waals surface area contributed by atoms with Crippen molar-refractivity contribution in [2.24, 2.45) is 0 Å². The van der Waals surface area contributed by atoms with Crippen LogP contribution in [-0.2, 0) is 12.7 Å². The Hall–Kier alpha value is -3.68. The number of para-hydroxylation sites is 2. The van der Waals surface area contributed by atoms with Crippen LogP contribution in [-0.4, -0.2) is 41.8 Å². The van der Waals surface area contributed by atoms with Gasteiger partial charge in [0.25, 0.3) is 0 Å². The predicted octanol–water partition coefficient (Wildman–Crippen LogP) is 6.49. The minimum atomic E-state index is -4.96. The fourth-order valence-corrected chi connectivity index (χ4v) is 4.33. The highest BCUT2D eigenvalue weighted by atomic mass is 19.4. The number of hydrogen-bond donors (Lipinski definition) is 1. The Labute approximate surface area is 216 Å². The third kappa shape index (κ3) is 6.85. The Morgan fingerprint density at radius 1 is 0.897 bits per heavy atom. The van der Waals surface area contributed by atoms with Gasteiger partial charge >= 0.3 is 18.7 Å². The first-order valence-electron chi connectivity index (χ1n) is 11.3. The van der Waals surface area contributed by atoms with Crippen LogP contribution in [0.5, 0.6) is 5.75 Å². The van der Waals surface area contributed by atoms with Gasteiger partial charge in [0, 0.05) is 19.3 Å². The summed E-state index contributed by atoms with van der Waals surface area (Å²) in [6.07, 6.45) is -16.5. The maximum absolute atomic E-state index is 13.3. The molecule has 3 aromatic rings. The quantitative estimate of drug-likeness (QED) is 0.347. The van der Waals surface area contributed by atoms with Gasteiger partial charge in [-0.05, 0) is 41.5 Å². The van der Waals surface area contributed by atoms with Crippen LogP contribution in [0.4, 0.5) is 50.9 Å². The second-order valence-electron chi connectivity index (χ2n) is 8.76. The molecule has 0 aliphatic carbocycles. The average Bonchev–Trinajstić information content (AvgIpc) is 2.83. The van der Waals surface area contributed by atoms with Crippen LogP contribution in [0, 0.1) is 0 Å². The number of aromatic nitrogens is 1. The zero-order chi connectivity index (χ0) is 28.6. The minimum absolute atomic E-state index is 0.00764. The van der Waals surface area contributed by atoms with Crippen LogP contribution in [0.15, 0.2) is 66.9 Å². The van der Waals surface area contributed by atoms with E-state index in [0.717, 1.165) is 24.4 Å². The van der Waals surface area contributed by atoms with Crippen molar-refractivity contribution in [3.8, 4) is 5.75 Å². The Morgan fingerprint density at radius 2 is 1.59 bits per heavy atom. The molecule has 0 saturated heterocycles. The maximum atomic E-state index is 13.3. The smallest absolute Gasteiger partial charge is 0.406 e. The van der Waals surface area contributed by atoms with Gasteiger partial charge in [-0.3, -0.25) is 4.98 Å². The Morgan fingerprint density at radius 3 is 2.18 bits per heavy atom. The highest BCUT2D eigenvalue weighted by Gasteiger charge is 2.43. The Kier molecular flexibility index (Phi) is 7.61. The molecule has 14 heteroatoms. The molecule has 1 aromatic heterocycles. The molecular formula is C25H20F9N3O2. The van der Waals surface area contributed by atoms with Crippen LogP contribution in [0.3, 0.4) is 0 Å². The van der Waals surface area contributed by atoms with Crippen molar-refractivity contribution in [2.45, 2.75) is 37.4 Å². The van der Waals surface area contributed by atoms with Crippen LogP contribution in [0.25, 0.3) is 0 Å². The van der Waals surface area contributed by atoms with Gasteiger partial charge in [-0.1, -0.05) is 30.3 Å². The van der Waals surface area contributed by atoms with E-state index in [1.807, 2.05) is 0 Å². The molecule has 0 bridgehead atoms. The van der Waals surface area contributed by atoms with E-state index in [4.69, 9.17) is 0 Å². The number of anilines is 2. The Bertz CT molecular complexity index is 1280. The van der Waals surface area contributed by atoms with Crippen molar-refractivity contribution in [3.05, 3.63) is 83.7 Å². The van der Waals surface area contributed by atoms with E-state index in [1.165, 1.54) is 29.2 Å². The molecule has 5 nitrogen and oxygen atoms in total. The lowest BCUT2D eigenvalue weighted by Gasteiger charge is -2.45. The molecule has 0 spiro atoms. The van der Waals surface area contributed by atoms with Gasteiger partial charge in [0.15, 0.2) is 6.10 Å². The van der Waals surface area contributed by atoms with Gasteiger partial charge in [-0.2, -0.15) is 26.3 Å². The number of hydrogen-bond acceptors (Lipinski definition) is 5. The summed E-state index contributed by atoms with van der Waals surface area (Å²) >= 11 is 0. The van der Waals surface area contributed by atoms with Crippen molar-refractivity contribution in [2.75, 3.05) is 22.9 Å². The lowest BCUT2D eigenvalue weighted by atomic mass is 9.99. The second kappa shape index (κ2) is 10.5. The zero-order valence-corrected chi connectivity index (χ0v) is 19.7. The molecule has 2 atom stereocenters. The van der Waals surface area contributed by atoms with Gasteiger partial charge in [0.2, 0.25) is 0 Å². The summed E-state index contributed by atoms with van der Waals surface area (Å²) in [5.41, 5.74) is -0.0295. The number of aliphatic hydroxyl groups excluding tert-OH is 1. The van der Waals surface area contributed by atoms with Gasteiger partial charge in [-0.25, -0.2) is 0 Å². The molecule has 1 aliphatic heterocycles. The largest absolute Gasteiger partial charge is 0.573 e. The van der Waals surface area contributed by atoms with E-state index in [-0.39, 0.29) is 24.3 Å². The number of aliphatic hydroxyl groups is 1. The fraction of sp³-hybridized carbons (Fsp3) is 0.320. The number of β-amino-alcohol motifs (C(OH)–C–C–N with tert-alkyl or cyclic N) is 1. The number of nitrogens with zero attached hydrogens (tertiary/aromatic N) is 3. The summed E-state index contributed by atoms with van der Waals surface area (Å²) in [5.74, 6) is -0.469. The fourth-order valence-electron chi connectivity index (χ4n) is 4.33. The molecule has 39 heavy (non-hydrogen) atoms. The SMILES string of the molecule is O[C@H](CN1c2ccccc2N(Cc2cccc(OC(F)(F)F)c2)C[C@H]1c1ccc(C(F)(F)F)nc1)C(F)(F)F. The first-order valence-corrected chi connectivity index (χ1v) is 11.3. The van der Waals surface area contributed by atoms with Crippen LogP contribution in [0.2, 0.25) is 0 Å². The van der Waals surface area contributed by atoms with Crippen LogP contribution >= 0.6 is 0 Å². The van der Waals surface area contributed by atoms with E-state index in [1.54, 1.807) is 17.0 Å². The first kappa shape index (κ1) is 28.3. The number of fused-ring (bicyclic) bond motifs is 1. The van der Waals surface area contributed by atoms with E-state index < -0.39 is 48.8 Å². The summed E-state index contributed by atoms with van der Waals surface area (Å²) in [6, 6.07) is 12.1. The van der Waals surface area contributed by atoms with E-state index >= 15 is 0 Å². The summed E-state index contributed by atoms with van der Waals surface area (Å²) < 4.78 is 121. The molecule has 1 aliphatic rings. The maximum Gasteiger partial charge on any atom is 0.573 e. The predicted molar refractivity (Wildman–Crippen MR) is 122 cm³/mol. The highest BCUT2D eigenvalue weighted by molar-refractivity contribution is 5.74. The molecule has 0 unspecified atom stereocenters. The number of pyridine rings is 1. The van der Waals surface area contributed by atoms with Crippen LogP contribution in [0.1, 0.15) is 22.9 Å². The summed E-state index contributed by atoms with van der Waals surface area (Å²) in [6.45, 7) is -1.01. The molecule has 2 heterocycles. The molecule has 0 saturated carbocycles. The summed E-state index contributed by atoms with van der Waals surface area (Å²) in [5, 5.41) is 9.85. The van der Waals surface area contributed by atoms with Crippen molar-refractivity contribution >= 4 is 11.4 Å². The topological polar surface area (TPSA) is 48.8 Å². The molecule has 4 rings (SSSR count). The molecular weight excluding hydrogens is 545 g/mol. The van der Waals surface area contributed by atoms with Gasteiger partial charge in [0.05, 0.1) is 24.0 Å². The molecule has 0 amide bonds. The average molecular weight is 565 g/mol. The lowest BCUT2D eigenvalue weighted by Crippen LogP contribution is -2.49. The van der Waals surface area contributed by atoms with Crippen molar-refractivity contribution < 1.29 is 49.4 Å². The molecule has 2 aromatic carbocycles. The lowest BCUT2D eigenvalue weighted by molar-refractivity contribution is -0.274. The standard InChI is InChI=1S/C25H20F9N3O2/c26-23(27,28)21-9-8-16(11-35-21)20-13-36(12-15-4-3-5-17(10-15)39-25(32,33)34)18-6-1-2-7-19(18)37(20)14-22(38)24(29,30)31/h1-11,20,22,38H,12-14H2/t20-,22+/m0/s1. The van der Waals surface area contributed by atoms with Crippen molar-refractivity contribution in [1.29, 1.82) is 0 Å². The third-order valence-corrected chi connectivity index (χ3v) is 6.02. The van der Waals surface area contributed by atoms with Gasteiger partial charge in [0.1, 0.15) is 11.4 Å². The van der Waals surface area contributed by atoms with Crippen molar-refractivity contribution in [1.82, 2.24) is 4.98 Å². The number of benzene rings is 2. The number of alkyl halides is 9. The van der Waals surface area contributed by atoms with Crippen molar-refractivity contribution in [3.63, 3.8) is 0 Å². The summed E-state index contributed by atoms with van der Waals surface area (Å²) in [7, 11) is 0. The normalized spacial score (nSPS) is 17.1.